The smallest absolute Gasteiger partial charge is 0.248 e. The summed E-state index contributed by atoms with van der Waals surface area (Å²) in [6.07, 6.45) is 0.964. The molecule has 0 saturated heterocycles. The Morgan fingerprint density at radius 2 is 2.50 bits per heavy atom. The second-order valence-electron chi connectivity index (χ2n) is 2.72. The monoisotopic (exact) mass is 155 g/mol. The van der Waals surface area contributed by atoms with Gasteiger partial charge in [0, 0.05) is 22.3 Å². The molecule has 2 nitrogen and oxygen atoms in total. The van der Waals surface area contributed by atoms with Gasteiger partial charge in [0.05, 0.1) is 0 Å². The van der Waals surface area contributed by atoms with Gasteiger partial charge in [0.2, 0.25) is 5.91 Å². The molecule has 1 atom stereocenters. The average Bonchev–Trinajstić information content (AvgIpc) is 2.35. The molecule has 10 heavy (non-hydrogen) atoms. The summed E-state index contributed by atoms with van der Waals surface area (Å²) in [7, 11) is 0. The zero-order chi connectivity index (χ0) is 7.14. The third kappa shape index (κ3) is 0.770. The molecule has 1 N–H and O–H groups in total. The number of thioether (sulfide) groups is 1. The summed E-state index contributed by atoms with van der Waals surface area (Å²) in [4.78, 5) is 12.3. The first-order valence-electron chi connectivity index (χ1n) is 3.44. The molecule has 0 spiro atoms. The Balaban J connectivity index is 2.26. The number of rotatable bonds is 0. The van der Waals surface area contributed by atoms with Crippen LogP contribution in [-0.4, -0.2) is 17.7 Å². The van der Waals surface area contributed by atoms with E-state index in [2.05, 4.69) is 12.2 Å². The maximum atomic E-state index is 11.0. The molecule has 1 unspecified atom stereocenters. The van der Waals surface area contributed by atoms with Crippen LogP contribution in [0.2, 0.25) is 0 Å². The van der Waals surface area contributed by atoms with Crippen molar-refractivity contribution in [3.63, 3.8) is 0 Å². The van der Waals surface area contributed by atoms with Gasteiger partial charge < -0.3 is 5.32 Å². The summed E-state index contributed by atoms with van der Waals surface area (Å²) in [6, 6.07) is 0. The van der Waals surface area contributed by atoms with Crippen LogP contribution in [0.4, 0.5) is 0 Å². The average molecular weight is 155 g/mol. The topological polar surface area (TPSA) is 29.1 Å². The first-order valence-corrected chi connectivity index (χ1v) is 4.32. The second-order valence-corrected chi connectivity index (χ2v) is 4.25. The minimum atomic E-state index is 0.159. The fraction of sp³-hybridized carbons (Fsp3) is 0.571. The van der Waals surface area contributed by atoms with E-state index in [9.17, 15) is 4.79 Å². The van der Waals surface area contributed by atoms with Gasteiger partial charge in [-0.1, -0.05) is 6.92 Å². The van der Waals surface area contributed by atoms with E-state index in [1.165, 1.54) is 4.91 Å². The van der Waals surface area contributed by atoms with E-state index in [0.29, 0.717) is 5.25 Å². The van der Waals surface area contributed by atoms with Crippen LogP contribution < -0.4 is 5.32 Å². The highest BCUT2D eigenvalue weighted by Gasteiger charge is 2.30. The van der Waals surface area contributed by atoms with Crippen molar-refractivity contribution in [1.82, 2.24) is 5.32 Å². The van der Waals surface area contributed by atoms with Crippen LogP contribution in [-0.2, 0) is 4.79 Å². The molecule has 0 radical (unpaired) electrons. The highest BCUT2D eigenvalue weighted by molar-refractivity contribution is 8.04. The van der Waals surface area contributed by atoms with Crippen molar-refractivity contribution >= 4 is 17.7 Å². The van der Waals surface area contributed by atoms with Crippen molar-refractivity contribution in [2.75, 3.05) is 6.54 Å². The largest absolute Gasteiger partial charge is 0.348 e. The molecule has 0 aromatic heterocycles. The Morgan fingerprint density at radius 1 is 1.70 bits per heavy atom. The first kappa shape index (κ1) is 6.28. The Labute approximate surface area is 64.1 Å². The van der Waals surface area contributed by atoms with Gasteiger partial charge >= 0.3 is 0 Å². The highest BCUT2D eigenvalue weighted by Crippen LogP contribution is 2.39. The molecule has 0 aromatic rings. The lowest BCUT2D eigenvalue weighted by Crippen LogP contribution is -2.19. The van der Waals surface area contributed by atoms with E-state index in [1.54, 1.807) is 0 Å². The molecule has 0 aromatic carbocycles. The summed E-state index contributed by atoms with van der Waals surface area (Å²) in [6.45, 7) is 2.94. The fourth-order valence-corrected chi connectivity index (χ4v) is 2.60. The van der Waals surface area contributed by atoms with Crippen LogP contribution in [0.5, 0.6) is 0 Å². The van der Waals surface area contributed by atoms with Gasteiger partial charge in [0.15, 0.2) is 0 Å². The maximum absolute atomic E-state index is 11.0. The lowest BCUT2D eigenvalue weighted by atomic mass is 10.1. The molecule has 2 rings (SSSR count). The van der Waals surface area contributed by atoms with E-state index in [4.69, 9.17) is 0 Å². The Kier molecular flexibility index (Phi) is 1.27. The molecule has 2 heterocycles. The number of carbonyl (C=O) groups excluding carboxylic acids is 1. The predicted molar refractivity (Wildman–Crippen MR) is 41.7 cm³/mol. The van der Waals surface area contributed by atoms with Gasteiger partial charge in [0.25, 0.3) is 0 Å². The van der Waals surface area contributed by atoms with Gasteiger partial charge in [-0.25, -0.2) is 0 Å². The van der Waals surface area contributed by atoms with E-state index >= 15 is 0 Å². The number of hydrogen-bond donors (Lipinski definition) is 1. The van der Waals surface area contributed by atoms with Crippen molar-refractivity contribution in [3.05, 3.63) is 10.5 Å². The van der Waals surface area contributed by atoms with Crippen molar-refractivity contribution in [1.29, 1.82) is 0 Å². The zero-order valence-electron chi connectivity index (χ0n) is 5.81. The highest BCUT2D eigenvalue weighted by atomic mass is 32.2. The lowest BCUT2D eigenvalue weighted by Gasteiger charge is -2.02. The predicted octanol–water partition coefficient (Wildman–Crippen LogP) is 0.896. The number of hydrogen-bond acceptors (Lipinski definition) is 2. The lowest BCUT2D eigenvalue weighted by molar-refractivity contribution is -0.116. The van der Waals surface area contributed by atoms with Gasteiger partial charge in [-0.3, -0.25) is 4.79 Å². The van der Waals surface area contributed by atoms with Crippen LogP contribution in [0.3, 0.4) is 0 Å². The molecular weight excluding hydrogens is 146 g/mol. The van der Waals surface area contributed by atoms with E-state index in [0.717, 1.165) is 18.5 Å². The first-order chi connectivity index (χ1) is 4.77. The molecule has 0 aliphatic carbocycles. The molecule has 1 amide bonds. The minimum Gasteiger partial charge on any atom is -0.348 e. The third-order valence-corrected chi connectivity index (χ3v) is 3.10. The van der Waals surface area contributed by atoms with E-state index in [1.807, 2.05) is 11.8 Å². The molecular formula is C7H9NOS. The Hall–Kier alpha value is -0.440. The van der Waals surface area contributed by atoms with Crippen LogP contribution in [0.1, 0.15) is 13.3 Å². The fourth-order valence-electron chi connectivity index (χ4n) is 1.39. The minimum absolute atomic E-state index is 0.159. The standard InChI is InChI=1S/C7H9NOS/c1-4-2-5-6(10-4)3-8-7(5)9/h4H,2-3H2,1H3,(H,8,9). The summed E-state index contributed by atoms with van der Waals surface area (Å²) in [5.41, 5.74) is 1.04. The summed E-state index contributed by atoms with van der Waals surface area (Å²) in [5, 5.41) is 3.43. The van der Waals surface area contributed by atoms with Gasteiger partial charge in [-0.2, -0.15) is 0 Å². The number of carbonyl (C=O) groups is 1. The second kappa shape index (κ2) is 2.02. The number of amides is 1. The number of nitrogens with one attached hydrogen (secondary N) is 1. The SMILES string of the molecule is CC1CC2=C(CNC2=O)S1. The van der Waals surface area contributed by atoms with Crippen molar-refractivity contribution in [3.8, 4) is 0 Å². The Bertz CT molecular complexity index is 222. The van der Waals surface area contributed by atoms with Crippen molar-refractivity contribution in [2.24, 2.45) is 0 Å². The van der Waals surface area contributed by atoms with E-state index < -0.39 is 0 Å². The summed E-state index contributed by atoms with van der Waals surface area (Å²) in [5.74, 6) is 0.159. The maximum Gasteiger partial charge on any atom is 0.248 e. The molecule has 0 saturated carbocycles. The molecule has 0 bridgehead atoms. The normalized spacial score (nSPS) is 30.9. The van der Waals surface area contributed by atoms with Crippen LogP contribution in [0.15, 0.2) is 10.5 Å². The molecule has 54 valence electrons. The van der Waals surface area contributed by atoms with Crippen LogP contribution >= 0.6 is 11.8 Å². The third-order valence-electron chi connectivity index (χ3n) is 1.86. The quantitative estimate of drug-likeness (QED) is 0.563. The molecule has 2 aliphatic heterocycles. The van der Waals surface area contributed by atoms with Gasteiger partial charge in [-0.05, 0) is 6.42 Å². The molecule has 0 fully saturated rings. The van der Waals surface area contributed by atoms with Gasteiger partial charge in [-0.15, -0.1) is 11.8 Å². The van der Waals surface area contributed by atoms with Crippen molar-refractivity contribution < 1.29 is 4.79 Å². The van der Waals surface area contributed by atoms with Crippen molar-refractivity contribution in [2.45, 2.75) is 18.6 Å². The van der Waals surface area contributed by atoms with Crippen LogP contribution in [0, 0.1) is 0 Å². The molecule has 2 aliphatic rings. The summed E-state index contributed by atoms with van der Waals surface area (Å²) < 4.78 is 0. The zero-order valence-corrected chi connectivity index (χ0v) is 6.62. The molecule has 3 heteroatoms. The Morgan fingerprint density at radius 3 is 3.20 bits per heavy atom. The van der Waals surface area contributed by atoms with E-state index in [-0.39, 0.29) is 5.91 Å². The van der Waals surface area contributed by atoms with Gasteiger partial charge in [0.1, 0.15) is 0 Å². The van der Waals surface area contributed by atoms with Crippen LogP contribution in [0.25, 0.3) is 0 Å². The summed E-state index contributed by atoms with van der Waals surface area (Å²) >= 11 is 1.84.